The van der Waals surface area contributed by atoms with Gasteiger partial charge in [0.2, 0.25) is 11.8 Å². The van der Waals surface area contributed by atoms with Gasteiger partial charge in [-0.05, 0) is 34.9 Å². The Morgan fingerprint density at radius 2 is 1.83 bits per heavy atom. The highest BCUT2D eigenvalue weighted by molar-refractivity contribution is 5.92. The van der Waals surface area contributed by atoms with Gasteiger partial charge in [-0.3, -0.25) is 4.79 Å². The molecule has 0 aliphatic carbocycles. The number of rotatable bonds is 5. The molecule has 1 N–H and O–H groups in total. The summed E-state index contributed by atoms with van der Waals surface area (Å²) >= 11 is 0. The average molecular weight is 413 g/mol. The van der Waals surface area contributed by atoms with Gasteiger partial charge in [0, 0.05) is 24.1 Å². The highest BCUT2D eigenvalue weighted by Gasteiger charge is 2.31. The van der Waals surface area contributed by atoms with Crippen LogP contribution < -0.4 is 10.1 Å². The lowest BCUT2D eigenvalue weighted by molar-refractivity contribution is -0.276. The molecule has 0 unspecified atom stereocenters. The van der Waals surface area contributed by atoms with Crippen LogP contribution in [0.3, 0.4) is 0 Å². The van der Waals surface area contributed by atoms with Crippen molar-refractivity contribution in [1.29, 1.82) is 0 Å². The molecule has 152 valence electrons. The number of nitrogens with one attached hydrogen (secondary N) is 1. The monoisotopic (exact) mass is 413 g/mol. The van der Waals surface area contributed by atoms with Crippen LogP contribution >= 0.6 is 0 Å². The molecule has 0 atom stereocenters. The Labute approximate surface area is 168 Å². The Hall–Kier alpha value is -3.95. The third-order valence-electron chi connectivity index (χ3n) is 4.17. The van der Waals surface area contributed by atoms with Gasteiger partial charge in [0.15, 0.2) is 5.65 Å². The van der Waals surface area contributed by atoms with Crippen molar-refractivity contribution in [2.45, 2.75) is 12.8 Å². The highest BCUT2D eigenvalue weighted by Crippen LogP contribution is 2.23. The second-order valence-corrected chi connectivity index (χ2v) is 6.33. The van der Waals surface area contributed by atoms with E-state index in [1.165, 1.54) is 12.4 Å². The lowest BCUT2D eigenvalue weighted by Crippen LogP contribution is -2.18. The van der Waals surface area contributed by atoms with Crippen molar-refractivity contribution in [3.63, 3.8) is 0 Å². The number of anilines is 1. The summed E-state index contributed by atoms with van der Waals surface area (Å²) in [4.78, 5) is 19.9. The average Bonchev–Trinajstić information content (AvgIpc) is 3.15. The maximum atomic E-state index is 12.3. The van der Waals surface area contributed by atoms with Crippen molar-refractivity contribution in [3.8, 4) is 17.0 Å². The predicted octanol–water partition coefficient (Wildman–Crippen LogP) is 3.87. The van der Waals surface area contributed by atoms with Gasteiger partial charge in [0.05, 0.1) is 6.42 Å². The summed E-state index contributed by atoms with van der Waals surface area (Å²) in [5.41, 5.74) is 3.54. The Kier molecular flexibility index (Phi) is 5.05. The first kappa shape index (κ1) is 19.4. The van der Waals surface area contributed by atoms with Gasteiger partial charge < -0.3 is 10.1 Å². The van der Waals surface area contributed by atoms with Gasteiger partial charge in [-0.1, -0.05) is 24.3 Å². The quantitative estimate of drug-likeness (QED) is 0.537. The molecule has 0 saturated carbocycles. The molecule has 0 bridgehead atoms. The first-order chi connectivity index (χ1) is 14.4. The molecule has 0 fully saturated rings. The Morgan fingerprint density at radius 1 is 1.03 bits per heavy atom. The third-order valence-corrected chi connectivity index (χ3v) is 4.17. The van der Waals surface area contributed by atoms with Crippen molar-refractivity contribution in [3.05, 3.63) is 72.8 Å². The number of hydrogen-bond acceptors (Lipinski definition) is 5. The standard InChI is InChI=1S/C20H14F3N5O2/c21-20(22,23)30-19-11-16(5-7-24-19)27-18(29)9-13-1-3-14(4-2-13)15-6-8-28-17(10-15)25-12-26-28/h1-8,10-12H,9H2,(H,24,27,29). The summed E-state index contributed by atoms with van der Waals surface area (Å²) in [6.45, 7) is 0. The molecular formula is C20H14F3N5O2. The maximum absolute atomic E-state index is 12.3. The number of pyridine rings is 2. The summed E-state index contributed by atoms with van der Waals surface area (Å²) in [5.74, 6) is -1.02. The molecule has 30 heavy (non-hydrogen) atoms. The second kappa shape index (κ2) is 7.82. The largest absolute Gasteiger partial charge is 0.574 e. The van der Waals surface area contributed by atoms with Gasteiger partial charge in [-0.15, -0.1) is 13.2 Å². The minimum absolute atomic E-state index is 0.0568. The number of ether oxygens (including phenoxy) is 1. The zero-order valence-corrected chi connectivity index (χ0v) is 15.3. The zero-order valence-electron chi connectivity index (χ0n) is 15.3. The Bertz CT molecular complexity index is 1190. The topological polar surface area (TPSA) is 81.4 Å². The van der Waals surface area contributed by atoms with Gasteiger partial charge in [0.25, 0.3) is 0 Å². The van der Waals surface area contributed by atoms with Crippen molar-refractivity contribution in [2.75, 3.05) is 5.32 Å². The van der Waals surface area contributed by atoms with E-state index < -0.39 is 12.2 Å². The molecule has 0 radical (unpaired) electrons. The molecule has 3 aromatic heterocycles. The molecular weight excluding hydrogens is 399 g/mol. The van der Waals surface area contributed by atoms with Gasteiger partial charge in [-0.25, -0.2) is 14.5 Å². The number of hydrogen-bond donors (Lipinski definition) is 1. The predicted molar refractivity (Wildman–Crippen MR) is 102 cm³/mol. The molecule has 0 aliphatic heterocycles. The lowest BCUT2D eigenvalue weighted by atomic mass is 10.0. The van der Waals surface area contributed by atoms with E-state index in [2.05, 4.69) is 25.1 Å². The van der Waals surface area contributed by atoms with Crippen LogP contribution in [0.4, 0.5) is 18.9 Å². The zero-order chi connectivity index (χ0) is 21.1. The summed E-state index contributed by atoms with van der Waals surface area (Å²) < 4.78 is 42.2. The summed E-state index contributed by atoms with van der Waals surface area (Å²) in [7, 11) is 0. The van der Waals surface area contributed by atoms with Gasteiger partial charge >= 0.3 is 6.36 Å². The van der Waals surface area contributed by atoms with Crippen LogP contribution in [0.15, 0.2) is 67.3 Å². The van der Waals surface area contributed by atoms with E-state index in [0.717, 1.165) is 34.6 Å². The van der Waals surface area contributed by atoms with Crippen LogP contribution in [-0.4, -0.2) is 31.9 Å². The first-order valence-electron chi connectivity index (χ1n) is 8.76. The van der Waals surface area contributed by atoms with E-state index in [1.807, 2.05) is 42.6 Å². The molecule has 3 heterocycles. The number of amides is 1. The first-order valence-corrected chi connectivity index (χ1v) is 8.76. The molecule has 0 spiro atoms. The Balaban J connectivity index is 1.41. The molecule has 10 heteroatoms. The summed E-state index contributed by atoms with van der Waals surface area (Å²) in [6, 6.07) is 13.6. The molecule has 4 aromatic rings. The van der Waals surface area contributed by atoms with Crippen LogP contribution in [0, 0.1) is 0 Å². The number of aromatic nitrogens is 4. The van der Waals surface area contributed by atoms with Crippen LogP contribution in [0.5, 0.6) is 5.88 Å². The third kappa shape index (κ3) is 4.72. The van der Waals surface area contributed by atoms with Gasteiger partial charge in [0.1, 0.15) is 6.33 Å². The highest BCUT2D eigenvalue weighted by atomic mass is 19.4. The van der Waals surface area contributed by atoms with E-state index >= 15 is 0 Å². The smallest absolute Gasteiger partial charge is 0.388 e. The number of halogens is 3. The number of carbonyl (C=O) groups excluding carboxylic acids is 1. The summed E-state index contributed by atoms with van der Waals surface area (Å²) in [5, 5.41) is 6.59. The van der Waals surface area contributed by atoms with Gasteiger partial charge in [-0.2, -0.15) is 5.10 Å². The molecule has 0 saturated heterocycles. The molecule has 1 aromatic carbocycles. The fourth-order valence-corrected chi connectivity index (χ4v) is 2.86. The molecule has 1 amide bonds. The Morgan fingerprint density at radius 3 is 2.60 bits per heavy atom. The lowest BCUT2D eigenvalue weighted by Gasteiger charge is -2.10. The van der Waals surface area contributed by atoms with Crippen LogP contribution in [0.1, 0.15) is 5.56 Å². The SMILES string of the molecule is O=C(Cc1ccc(-c2ccn3ncnc3c2)cc1)Nc1ccnc(OC(F)(F)F)c1. The van der Waals surface area contributed by atoms with Crippen LogP contribution in [0.25, 0.3) is 16.8 Å². The normalized spacial score (nSPS) is 11.4. The van der Waals surface area contributed by atoms with E-state index in [9.17, 15) is 18.0 Å². The van der Waals surface area contributed by atoms with Crippen molar-refractivity contribution < 1.29 is 22.7 Å². The van der Waals surface area contributed by atoms with Crippen molar-refractivity contribution >= 4 is 17.2 Å². The second-order valence-electron chi connectivity index (χ2n) is 6.33. The van der Waals surface area contributed by atoms with Crippen LogP contribution in [0.2, 0.25) is 0 Å². The van der Waals surface area contributed by atoms with E-state index in [1.54, 1.807) is 4.52 Å². The van der Waals surface area contributed by atoms with Crippen molar-refractivity contribution in [2.24, 2.45) is 0 Å². The minimum atomic E-state index is -4.85. The number of fused-ring (bicyclic) bond motifs is 1. The maximum Gasteiger partial charge on any atom is 0.574 e. The van der Waals surface area contributed by atoms with E-state index in [-0.39, 0.29) is 18.0 Å². The van der Waals surface area contributed by atoms with E-state index in [0.29, 0.717) is 0 Å². The number of nitrogens with zero attached hydrogens (tertiary/aromatic N) is 4. The molecule has 7 nitrogen and oxygen atoms in total. The van der Waals surface area contributed by atoms with E-state index in [4.69, 9.17) is 0 Å². The summed E-state index contributed by atoms with van der Waals surface area (Å²) in [6.07, 6.45) is -0.388. The fraction of sp³-hybridized carbons (Fsp3) is 0.100. The fourth-order valence-electron chi connectivity index (χ4n) is 2.86. The minimum Gasteiger partial charge on any atom is -0.388 e. The van der Waals surface area contributed by atoms with Crippen LogP contribution in [-0.2, 0) is 11.2 Å². The van der Waals surface area contributed by atoms with Crippen molar-refractivity contribution in [1.82, 2.24) is 19.6 Å². The number of benzene rings is 1. The number of alkyl halides is 3. The molecule has 4 rings (SSSR count). The molecule has 0 aliphatic rings. The number of carbonyl (C=O) groups is 1.